The lowest BCUT2D eigenvalue weighted by atomic mass is 9.72. The molecule has 0 aromatic carbocycles. The molecular weight excluding hydrogens is 518 g/mol. The first-order valence-electron chi connectivity index (χ1n) is 20.9. The zero-order valence-corrected chi connectivity index (χ0v) is 31.1. The summed E-state index contributed by atoms with van der Waals surface area (Å²) >= 11 is 0. The lowest BCUT2D eigenvalue weighted by molar-refractivity contribution is 0.189. The van der Waals surface area contributed by atoms with Gasteiger partial charge in [0.2, 0.25) is 0 Å². The summed E-state index contributed by atoms with van der Waals surface area (Å²) in [4.78, 5) is 0. The molecule has 0 bridgehead atoms. The van der Waals surface area contributed by atoms with E-state index in [-0.39, 0.29) is 5.54 Å². The maximum atomic E-state index is 7.54. The van der Waals surface area contributed by atoms with Gasteiger partial charge >= 0.3 is 0 Å². The maximum absolute atomic E-state index is 7.54. The van der Waals surface area contributed by atoms with Gasteiger partial charge in [-0.2, -0.15) is 0 Å². The van der Waals surface area contributed by atoms with Crippen LogP contribution in [0.2, 0.25) is 0 Å². The van der Waals surface area contributed by atoms with Crippen molar-refractivity contribution in [3.63, 3.8) is 0 Å². The molecule has 260 valence electrons. The number of unbranched alkanes of at least 4 members (excludes halogenated alkanes) is 28. The Kier molecular flexibility index (Phi) is 34.8. The molecule has 0 heterocycles. The van der Waals surface area contributed by atoms with Crippen molar-refractivity contribution in [2.24, 2.45) is 11.7 Å². The van der Waals surface area contributed by atoms with Crippen LogP contribution in [0.15, 0.2) is 0 Å². The second kappa shape index (κ2) is 34.8. The van der Waals surface area contributed by atoms with Gasteiger partial charge in [0.15, 0.2) is 0 Å². The first-order chi connectivity index (χ1) is 21.1. The van der Waals surface area contributed by atoms with Crippen molar-refractivity contribution in [3.05, 3.63) is 0 Å². The third-order valence-electron chi connectivity index (χ3n) is 10.6. The molecule has 0 radical (unpaired) electrons. The summed E-state index contributed by atoms with van der Waals surface area (Å²) in [6, 6.07) is 0. The molecule has 0 aromatic heterocycles. The van der Waals surface area contributed by atoms with Crippen molar-refractivity contribution in [2.45, 2.75) is 264 Å². The van der Waals surface area contributed by atoms with E-state index in [1.54, 1.807) is 0 Å². The van der Waals surface area contributed by atoms with E-state index in [1.807, 2.05) is 0 Å². The normalized spacial score (nSPS) is 12.8. The van der Waals surface area contributed by atoms with Gasteiger partial charge in [0.1, 0.15) is 0 Å². The number of hydrogen-bond donors (Lipinski definition) is 1. The van der Waals surface area contributed by atoms with Gasteiger partial charge < -0.3 is 5.73 Å². The van der Waals surface area contributed by atoms with Crippen LogP contribution in [0.4, 0.5) is 0 Å². The monoisotopic (exact) mass is 606 g/mol. The molecule has 0 saturated carbocycles. The minimum Gasteiger partial charge on any atom is -0.325 e. The molecule has 0 spiro atoms. The van der Waals surface area contributed by atoms with Crippen LogP contribution in [0.5, 0.6) is 0 Å². The second-order valence-electron chi connectivity index (χ2n) is 14.9. The molecule has 0 aliphatic carbocycles. The Morgan fingerprint density at radius 2 is 0.512 bits per heavy atom. The minimum absolute atomic E-state index is 0.0927. The van der Waals surface area contributed by atoms with Gasteiger partial charge in [-0.1, -0.05) is 233 Å². The van der Waals surface area contributed by atoms with Gasteiger partial charge in [-0.3, -0.25) is 0 Å². The third kappa shape index (κ3) is 29.1. The third-order valence-corrected chi connectivity index (χ3v) is 10.6. The van der Waals surface area contributed by atoms with E-state index >= 15 is 0 Å². The molecule has 1 nitrogen and oxygen atoms in total. The van der Waals surface area contributed by atoms with E-state index in [0.29, 0.717) is 0 Å². The first-order valence-corrected chi connectivity index (χ1v) is 20.9. The molecule has 0 amide bonds. The van der Waals surface area contributed by atoms with Crippen LogP contribution in [0.3, 0.4) is 0 Å². The SMILES string of the molecule is CCCCCCCCCCCCCCCCC(CCCCCCCC)C(N)(CCCCCCCC)CCCCCCCC. The van der Waals surface area contributed by atoms with Gasteiger partial charge in [0.05, 0.1) is 0 Å². The van der Waals surface area contributed by atoms with Gasteiger partial charge in [-0.25, -0.2) is 0 Å². The molecule has 0 aliphatic rings. The lowest BCUT2D eigenvalue weighted by Gasteiger charge is -2.39. The Morgan fingerprint density at radius 1 is 0.302 bits per heavy atom. The van der Waals surface area contributed by atoms with E-state index in [2.05, 4.69) is 27.7 Å². The van der Waals surface area contributed by atoms with E-state index in [9.17, 15) is 0 Å². The molecule has 2 N–H and O–H groups in total. The van der Waals surface area contributed by atoms with Gasteiger partial charge in [-0.15, -0.1) is 0 Å². The van der Waals surface area contributed by atoms with E-state index in [0.717, 1.165) is 5.92 Å². The predicted molar refractivity (Wildman–Crippen MR) is 199 cm³/mol. The van der Waals surface area contributed by atoms with Crippen LogP contribution < -0.4 is 5.73 Å². The number of hydrogen-bond acceptors (Lipinski definition) is 1. The van der Waals surface area contributed by atoms with Crippen LogP contribution in [0.25, 0.3) is 0 Å². The largest absolute Gasteiger partial charge is 0.325 e. The number of nitrogens with two attached hydrogens (primary N) is 1. The maximum Gasteiger partial charge on any atom is 0.0182 e. The lowest BCUT2D eigenvalue weighted by Crippen LogP contribution is -2.47. The zero-order valence-electron chi connectivity index (χ0n) is 31.1. The first kappa shape index (κ1) is 43.0. The zero-order chi connectivity index (χ0) is 31.5. The highest BCUT2D eigenvalue weighted by Crippen LogP contribution is 2.35. The highest BCUT2D eigenvalue weighted by atomic mass is 14.8. The van der Waals surface area contributed by atoms with E-state index in [4.69, 9.17) is 5.73 Å². The van der Waals surface area contributed by atoms with Crippen LogP contribution in [-0.4, -0.2) is 5.54 Å². The van der Waals surface area contributed by atoms with Crippen molar-refractivity contribution >= 4 is 0 Å². The molecule has 1 unspecified atom stereocenters. The quantitative estimate of drug-likeness (QED) is 0.0700. The van der Waals surface area contributed by atoms with Crippen molar-refractivity contribution in [1.29, 1.82) is 0 Å². The van der Waals surface area contributed by atoms with E-state index < -0.39 is 0 Å². The van der Waals surface area contributed by atoms with Crippen LogP contribution >= 0.6 is 0 Å². The summed E-state index contributed by atoms with van der Waals surface area (Å²) in [7, 11) is 0. The molecule has 0 aliphatic heterocycles. The average Bonchev–Trinajstić information content (AvgIpc) is 3.01. The van der Waals surface area contributed by atoms with Crippen molar-refractivity contribution in [3.8, 4) is 0 Å². The molecule has 0 aromatic rings. The molecular formula is C42H87N. The Bertz CT molecular complexity index is 483. The Labute approximate surface area is 275 Å². The van der Waals surface area contributed by atoms with Crippen LogP contribution in [0.1, 0.15) is 259 Å². The van der Waals surface area contributed by atoms with Crippen LogP contribution in [0, 0.1) is 5.92 Å². The summed E-state index contributed by atoms with van der Waals surface area (Å²) in [5.41, 5.74) is 7.63. The summed E-state index contributed by atoms with van der Waals surface area (Å²) < 4.78 is 0. The molecule has 0 saturated heterocycles. The molecule has 43 heavy (non-hydrogen) atoms. The average molecular weight is 606 g/mol. The van der Waals surface area contributed by atoms with Crippen molar-refractivity contribution in [1.82, 2.24) is 0 Å². The fraction of sp³-hybridized carbons (Fsp3) is 1.00. The highest BCUT2D eigenvalue weighted by molar-refractivity contribution is 4.91. The van der Waals surface area contributed by atoms with Gasteiger partial charge in [0.25, 0.3) is 0 Å². The smallest absolute Gasteiger partial charge is 0.0182 e. The molecule has 1 atom stereocenters. The van der Waals surface area contributed by atoms with Crippen molar-refractivity contribution < 1.29 is 0 Å². The summed E-state index contributed by atoms with van der Waals surface area (Å²) in [6.07, 6.45) is 50.9. The van der Waals surface area contributed by atoms with Crippen LogP contribution in [-0.2, 0) is 0 Å². The highest BCUT2D eigenvalue weighted by Gasteiger charge is 2.33. The standard InChI is InChI=1S/C42H87N/c1-5-9-13-17-21-22-23-24-25-26-27-28-30-34-38-41(37-33-29-18-14-10-6-2)42(43,39-35-31-19-15-11-7-3)40-36-32-20-16-12-8-4/h41H,5-40,43H2,1-4H3. The van der Waals surface area contributed by atoms with Gasteiger partial charge in [0, 0.05) is 5.54 Å². The molecule has 0 fully saturated rings. The van der Waals surface area contributed by atoms with Crippen molar-refractivity contribution in [2.75, 3.05) is 0 Å². The summed E-state index contributed by atoms with van der Waals surface area (Å²) in [5.74, 6) is 0.752. The topological polar surface area (TPSA) is 26.0 Å². The van der Waals surface area contributed by atoms with E-state index in [1.165, 1.54) is 231 Å². The summed E-state index contributed by atoms with van der Waals surface area (Å²) in [6.45, 7) is 9.31. The second-order valence-corrected chi connectivity index (χ2v) is 14.9. The Morgan fingerprint density at radius 3 is 0.767 bits per heavy atom. The molecule has 1 heteroatoms. The Hall–Kier alpha value is -0.0400. The molecule has 0 rings (SSSR count). The fourth-order valence-corrected chi connectivity index (χ4v) is 7.48. The Balaban J connectivity index is 4.67. The van der Waals surface area contributed by atoms with Gasteiger partial charge in [-0.05, 0) is 31.6 Å². The number of rotatable bonds is 37. The minimum atomic E-state index is 0.0927. The summed E-state index contributed by atoms with van der Waals surface area (Å²) in [5, 5.41) is 0. The predicted octanol–water partition coefficient (Wildman–Crippen LogP) is 15.4. The fourth-order valence-electron chi connectivity index (χ4n) is 7.48.